The van der Waals surface area contributed by atoms with Crippen LogP contribution in [0.2, 0.25) is 0 Å². The van der Waals surface area contributed by atoms with Crippen LogP contribution in [0.15, 0.2) is 130 Å². The minimum absolute atomic E-state index is 0.0996. The first-order chi connectivity index (χ1) is 25.4. The maximum Gasteiger partial charge on any atom is 0.303 e. The van der Waals surface area contributed by atoms with E-state index in [-0.39, 0.29) is 16.2 Å². The van der Waals surface area contributed by atoms with Crippen LogP contribution in [0, 0.1) is 0 Å². The summed E-state index contributed by atoms with van der Waals surface area (Å²) in [6, 6.07) is 9.37. The van der Waals surface area contributed by atoms with Gasteiger partial charge in [-0.15, -0.1) is 0 Å². The third-order valence-electron chi connectivity index (χ3n) is 10.2. The number of fused-ring (bicyclic) bond motifs is 2. The average Bonchev–Trinajstić information content (AvgIpc) is 3.42. The van der Waals surface area contributed by atoms with E-state index in [0.717, 1.165) is 59.6 Å². The molecule has 0 aromatic heterocycles. The smallest absolute Gasteiger partial charge is 0.303 e. The number of aliphatic carboxylic acids is 1. The molecule has 0 amide bonds. The quantitative estimate of drug-likeness (QED) is 0.0702. The van der Waals surface area contributed by atoms with Gasteiger partial charge in [-0.2, -0.15) is 21.4 Å². The molecule has 2 aliphatic heterocycles. The number of allylic oxidation sites excluding steroid dienone is 14. The van der Waals surface area contributed by atoms with Crippen molar-refractivity contribution in [1.29, 1.82) is 0 Å². The first-order valence-corrected chi connectivity index (χ1v) is 20.9. The molecular weight excluding hydrogens is 725 g/mol. The third-order valence-corrected chi connectivity index (χ3v) is 11.9. The SMILES string of the molecule is CC1(C)C(/C=C/C=C/C=C2/N(CCCCCC(=O)O)c3ccc(S(=O)(=O)O)cc3C2(C)C)=[N+](CCCC2=C/C=C\C=C/C=C\2)c2ccc(S(=O)(=O)O)cc21. The summed E-state index contributed by atoms with van der Waals surface area (Å²) in [7, 11) is -8.81. The zero-order valence-electron chi connectivity index (χ0n) is 31.1. The number of carboxylic acids is 1. The zero-order valence-corrected chi connectivity index (χ0v) is 32.8. The lowest BCUT2D eigenvalue weighted by atomic mass is 9.81. The molecule has 0 atom stereocenters. The summed E-state index contributed by atoms with van der Waals surface area (Å²) in [6.07, 6.45) is 27.8. The van der Waals surface area contributed by atoms with Crippen LogP contribution in [0.25, 0.3) is 0 Å². The molecule has 10 nitrogen and oxygen atoms in total. The molecule has 0 unspecified atom stereocenters. The number of hydrogen-bond donors (Lipinski definition) is 3. The molecule has 5 rings (SSSR count). The molecule has 1 aliphatic carbocycles. The van der Waals surface area contributed by atoms with Crippen molar-refractivity contribution in [1.82, 2.24) is 0 Å². The van der Waals surface area contributed by atoms with Crippen molar-refractivity contribution in [3.8, 4) is 0 Å². The van der Waals surface area contributed by atoms with Gasteiger partial charge in [-0.1, -0.05) is 81.0 Å². The van der Waals surface area contributed by atoms with E-state index in [1.165, 1.54) is 23.8 Å². The molecule has 0 fully saturated rings. The highest BCUT2D eigenvalue weighted by Crippen LogP contribution is 2.48. The van der Waals surface area contributed by atoms with Crippen LogP contribution in [-0.2, 0) is 35.9 Å². The Morgan fingerprint density at radius 1 is 0.778 bits per heavy atom. The number of benzene rings is 2. The average molecular weight is 774 g/mol. The van der Waals surface area contributed by atoms with E-state index in [2.05, 4.69) is 21.6 Å². The third kappa shape index (κ3) is 9.18. The van der Waals surface area contributed by atoms with Gasteiger partial charge in [0.2, 0.25) is 5.69 Å². The van der Waals surface area contributed by atoms with Crippen LogP contribution in [0.1, 0.15) is 77.3 Å². The largest absolute Gasteiger partial charge is 0.481 e. The minimum Gasteiger partial charge on any atom is -0.481 e. The second kappa shape index (κ2) is 16.4. The van der Waals surface area contributed by atoms with Gasteiger partial charge >= 0.3 is 5.97 Å². The summed E-state index contributed by atoms with van der Waals surface area (Å²) in [6.45, 7) is 9.36. The monoisotopic (exact) mass is 773 g/mol. The summed E-state index contributed by atoms with van der Waals surface area (Å²) in [4.78, 5) is 12.8. The van der Waals surface area contributed by atoms with Crippen molar-refractivity contribution in [2.45, 2.75) is 86.8 Å². The standard InChI is InChI=1S/C42H48N2O8S2/c1-41(2)34-29-32(53(47,48)49)23-25-36(34)43(27-15-9-14-22-40(45)46)38(41)20-12-8-13-21-39-42(3,4)35-30-33(54(50,51)52)24-26-37(35)44(39)28-16-19-31-17-10-6-5-7-11-18-31/h5-8,10-13,17-18,20-21,23-26,29-30H,9,14-16,19,22,27-28H2,1-4H3,(H2-,45,46,47,48,49,50,51,52)/p+1/b6-5-,7-5?,10-6?,11-7-,17-10-,18-11?,31-17?,31-18+. The van der Waals surface area contributed by atoms with Gasteiger partial charge in [-0.05, 0) is 80.7 Å². The van der Waals surface area contributed by atoms with Crippen molar-refractivity contribution < 1.29 is 40.4 Å². The minimum atomic E-state index is -4.41. The molecule has 0 saturated heterocycles. The van der Waals surface area contributed by atoms with E-state index in [4.69, 9.17) is 5.11 Å². The molecule has 286 valence electrons. The second-order valence-corrected chi connectivity index (χ2v) is 17.6. The summed E-state index contributed by atoms with van der Waals surface area (Å²) in [5.41, 5.74) is 5.19. The lowest BCUT2D eigenvalue weighted by Crippen LogP contribution is -2.28. The van der Waals surface area contributed by atoms with E-state index in [0.29, 0.717) is 19.5 Å². The molecule has 2 aromatic rings. The van der Waals surface area contributed by atoms with E-state index in [1.807, 2.05) is 88.5 Å². The Kier molecular flexibility index (Phi) is 12.3. The highest BCUT2D eigenvalue weighted by atomic mass is 32.2. The molecular formula is C42H49N2O8S2+. The Hall–Kier alpha value is -4.62. The van der Waals surface area contributed by atoms with Crippen LogP contribution in [0.5, 0.6) is 0 Å². The first kappa shape index (κ1) is 40.6. The molecule has 2 heterocycles. The fourth-order valence-electron chi connectivity index (χ4n) is 7.41. The predicted octanol–water partition coefficient (Wildman–Crippen LogP) is 8.38. The second-order valence-electron chi connectivity index (χ2n) is 14.7. The van der Waals surface area contributed by atoms with Gasteiger partial charge in [0.25, 0.3) is 20.2 Å². The normalized spacial score (nSPS) is 21.2. The first-order valence-electron chi connectivity index (χ1n) is 18.1. The molecule has 54 heavy (non-hydrogen) atoms. The fraction of sp³-hybridized carbons (Fsp3) is 0.333. The van der Waals surface area contributed by atoms with Crippen LogP contribution >= 0.6 is 0 Å². The van der Waals surface area contributed by atoms with Crippen LogP contribution in [-0.4, -0.2) is 60.4 Å². The predicted molar refractivity (Wildman–Crippen MR) is 213 cm³/mol. The lowest BCUT2D eigenvalue weighted by Gasteiger charge is -2.27. The Bertz CT molecular complexity index is 2270. The molecule has 0 spiro atoms. The number of rotatable bonds is 15. The Morgan fingerprint density at radius 2 is 1.44 bits per heavy atom. The van der Waals surface area contributed by atoms with Crippen molar-refractivity contribution >= 4 is 43.3 Å². The molecule has 12 heteroatoms. The number of carboxylic acid groups (broad SMARTS) is 1. The zero-order chi connectivity index (χ0) is 39.3. The van der Waals surface area contributed by atoms with Crippen molar-refractivity contribution in [2.24, 2.45) is 0 Å². The van der Waals surface area contributed by atoms with Gasteiger partial charge < -0.3 is 10.0 Å². The Morgan fingerprint density at radius 3 is 2.15 bits per heavy atom. The topological polar surface area (TPSA) is 152 Å². The maximum atomic E-state index is 12.1. The number of nitrogens with zero attached hydrogens (tertiary/aromatic N) is 2. The summed E-state index contributed by atoms with van der Waals surface area (Å²) >= 11 is 0. The number of anilines is 1. The van der Waals surface area contributed by atoms with Gasteiger partial charge in [0.15, 0.2) is 5.71 Å². The molecule has 0 bridgehead atoms. The molecule has 3 aliphatic rings. The summed E-state index contributed by atoms with van der Waals surface area (Å²) in [5, 5.41) is 9.05. The van der Waals surface area contributed by atoms with E-state index >= 15 is 0 Å². The van der Waals surface area contributed by atoms with Crippen LogP contribution < -0.4 is 4.90 Å². The van der Waals surface area contributed by atoms with E-state index in [1.54, 1.807) is 18.2 Å². The van der Waals surface area contributed by atoms with Crippen LogP contribution in [0.3, 0.4) is 0 Å². The summed E-state index contributed by atoms with van der Waals surface area (Å²) in [5.74, 6) is -0.830. The maximum absolute atomic E-state index is 12.1. The van der Waals surface area contributed by atoms with Crippen molar-refractivity contribution in [3.63, 3.8) is 0 Å². The molecule has 0 saturated carbocycles. The van der Waals surface area contributed by atoms with Gasteiger partial charge in [-0.3, -0.25) is 13.9 Å². The Labute approximate surface area is 319 Å². The highest BCUT2D eigenvalue weighted by Gasteiger charge is 2.45. The molecule has 3 N–H and O–H groups in total. The van der Waals surface area contributed by atoms with Gasteiger partial charge in [0.1, 0.15) is 6.54 Å². The lowest BCUT2D eigenvalue weighted by molar-refractivity contribution is -0.438. The number of hydrogen-bond acceptors (Lipinski definition) is 6. The molecule has 2 aromatic carbocycles. The van der Waals surface area contributed by atoms with Crippen molar-refractivity contribution in [3.05, 3.63) is 132 Å². The summed E-state index contributed by atoms with van der Waals surface area (Å²) < 4.78 is 70.0. The Balaban J connectivity index is 1.45. The molecule has 0 radical (unpaired) electrons. The van der Waals surface area contributed by atoms with Gasteiger partial charge in [0, 0.05) is 53.9 Å². The fourth-order valence-corrected chi connectivity index (χ4v) is 8.42. The van der Waals surface area contributed by atoms with Crippen LogP contribution in [0.4, 0.5) is 11.4 Å². The van der Waals surface area contributed by atoms with Gasteiger partial charge in [-0.25, -0.2) is 0 Å². The van der Waals surface area contributed by atoms with Gasteiger partial charge in [0.05, 0.1) is 15.2 Å². The van der Waals surface area contributed by atoms with E-state index < -0.39 is 37.0 Å². The van der Waals surface area contributed by atoms with Crippen molar-refractivity contribution in [2.75, 3.05) is 18.0 Å². The number of carbonyl (C=O) groups is 1. The van der Waals surface area contributed by atoms with E-state index in [9.17, 15) is 30.7 Å². The number of unbranched alkanes of at least 4 members (excludes halogenated alkanes) is 2. The highest BCUT2D eigenvalue weighted by molar-refractivity contribution is 7.86.